The highest BCUT2D eigenvalue weighted by atomic mass is 16.2. The van der Waals surface area contributed by atoms with Gasteiger partial charge >= 0.3 is 6.03 Å². The maximum absolute atomic E-state index is 11.7. The zero-order valence-electron chi connectivity index (χ0n) is 15.6. The van der Waals surface area contributed by atoms with Crippen molar-refractivity contribution in [3.63, 3.8) is 0 Å². The van der Waals surface area contributed by atoms with Crippen molar-refractivity contribution >= 4 is 28.9 Å². The summed E-state index contributed by atoms with van der Waals surface area (Å²) in [5.74, 6) is 0.746. The van der Waals surface area contributed by atoms with Crippen molar-refractivity contribution in [1.29, 1.82) is 0 Å². The lowest BCUT2D eigenvalue weighted by atomic mass is 10.2. The fourth-order valence-electron chi connectivity index (χ4n) is 3.09. The summed E-state index contributed by atoms with van der Waals surface area (Å²) < 4.78 is 0. The monoisotopic (exact) mass is 366 g/mol. The molecule has 2 amide bonds. The number of pyridine rings is 1. The van der Waals surface area contributed by atoms with Crippen molar-refractivity contribution < 1.29 is 4.79 Å². The minimum absolute atomic E-state index is 0.167. The number of piperazine rings is 1. The molecule has 0 atom stereocenters. The van der Waals surface area contributed by atoms with Crippen LogP contribution in [0.3, 0.4) is 0 Å². The number of amides is 2. The summed E-state index contributed by atoms with van der Waals surface area (Å²) >= 11 is 0. The van der Waals surface area contributed by atoms with E-state index in [2.05, 4.69) is 62.0 Å². The molecule has 4 rings (SSSR count). The van der Waals surface area contributed by atoms with Crippen LogP contribution in [-0.2, 0) is 0 Å². The molecule has 0 spiro atoms. The molecule has 2 heterocycles. The number of benzene rings is 1. The number of urea groups is 1. The summed E-state index contributed by atoms with van der Waals surface area (Å²) in [6.07, 6.45) is 3.80. The van der Waals surface area contributed by atoms with E-state index in [9.17, 15) is 4.79 Å². The molecule has 142 valence electrons. The van der Waals surface area contributed by atoms with Gasteiger partial charge in [-0.25, -0.2) is 9.78 Å². The van der Waals surface area contributed by atoms with Crippen molar-refractivity contribution in [3.8, 4) is 0 Å². The molecule has 1 aromatic heterocycles. The number of anilines is 4. The van der Waals surface area contributed by atoms with Crippen LogP contribution in [-0.4, -0.2) is 55.2 Å². The number of nitrogens with zero attached hydrogens (tertiary/aromatic N) is 3. The molecule has 1 aliphatic heterocycles. The van der Waals surface area contributed by atoms with Gasteiger partial charge in [-0.3, -0.25) is 0 Å². The van der Waals surface area contributed by atoms with Gasteiger partial charge in [0.2, 0.25) is 0 Å². The highest BCUT2D eigenvalue weighted by molar-refractivity contribution is 5.89. The lowest BCUT2D eigenvalue weighted by Crippen LogP contribution is -2.44. The number of hydrogen-bond acceptors (Lipinski definition) is 5. The van der Waals surface area contributed by atoms with Crippen molar-refractivity contribution in [2.45, 2.75) is 18.9 Å². The van der Waals surface area contributed by atoms with E-state index in [0.29, 0.717) is 11.7 Å². The van der Waals surface area contributed by atoms with Crippen LogP contribution < -0.4 is 20.9 Å². The van der Waals surface area contributed by atoms with Crippen LogP contribution in [0.2, 0.25) is 0 Å². The second-order valence-corrected chi connectivity index (χ2v) is 7.27. The molecule has 1 saturated heterocycles. The lowest BCUT2D eigenvalue weighted by molar-refractivity contribution is 0.251. The molecule has 3 N–H and O–H groups in total. The predicted octanol–water partition coefficient (Wildman–Crippen LogP) is 2.86. The Kier molecular flexibility index (Phi) is 5.11. The first-order valence-corrected chi connectivity index (χ1v) is 9.50. The van der Waals surface area contributed by atoms with Crippen LogP contribution in [0.5, 0.6) is 0 Å². The van der Waals surface area contributed by atoms with Crippen LogP contribution in [0.4, 0.5) is 27.7 Å². The highest BCUT2D eigenvalue weighted by Gasteiger charge is 2.23. The lowest BCUT2D eigenvalue weighted by Gasteiger charge is -2.34. The molecule has 2 fully saturated rings. The van der Waals surface area contributed by atoms with Crippen LogP contribution in [0.1, 0.15) is 12.8 Å². The maximum Gasteiger partial charge on any atom is 0.319 e. The zero-order valence-corrected chi connectivity index (χ0v) is 15.6. The Morgan fingerprint density at radius 3 is 2.33 bits per heavy atom. The molecule has 0 bridgehead atoms. The van der Waals surface area contributed by atoms with Crippen molar-refractivity contribution in [3.05, 3.63) is 42.6 Å². The zero-order chi connectivity index (χ0) is 18.6. The number of carbonyl (C=O) groups is 1. The van der Waals surface area contributed by atoms with Gasteiger partial charge in [-0.2, -0.15) is 0 Å². The van der Waals surface area contributed by atoms with Crippen LogP contribution >= 0.6 is 0 Å². The number of rotatable bonds is 5. The summed E-state index contributed by atoms with van der Waals surface area (Å²) in [5.41, 5.74) is 2.93. The fourth-order valence-corrected chi connectivity index (χ4v) is 3.09. The van der Waals surface area contributed by atoms with E-state index < -0.39 is 0 Å². The average molecular weight is 366 g/mol. The average Bonchev–Trinajstić information content (AvgIpc) is 3.49. The summed E-state index contributed by atoms with van der Waals surface area (Å²) in [6, 6.07) is 12.3. The molecule has 27 heavy (non-hydrogen) atoms. The molecule has 0 unspecified atom stereocenters. The van der Waals surface area contributed by atoms with Crippen LogP contribution in [0, 0.1) is 0 Å². The van der Waals surface area contributed by atoms with E-state index in [1.807, 2.05) is 12.1 Å². The van der Waals surface area contributed by atoms with Gasteiger partial charge in [0.25, 0.3) is 0 Å². The molecule has 7 heteroatoms. The topological polar surface area (TPSA) is 72.5 Å². The summed E-state index contributed by atoms with van der Waals surface area (Å²) in [6.45, 7) is 4.33. The van der Waals surface area contributed by atoms with Gasteiger partial charge in [-0.05, 0) is 56.3 Å². The van der Waals surface area contributed by atoms with E-state index in [1.165, 1.54) is 5.69 Å². The quantitative estimate of drug-likeness (QED) is 0.759. The molecule has 2 aromatic rings. The Labute approximate surface area is 159 Å². The first-order valence-electron chi connectivity index (χ1n) is 9.50. The van der Waals surface area contributed by atoms with Crippen LogP contribution in [0.15, 0.2) is 42.6 Å². The summed E-state index contributed by atoms with van der Waals surface area (Å²) in [7, 11) is 2.16. The van der Waals surface area contributed by atoms with Crippen molar-refractivity contribution in [1.82, 2.24) is 15.2 Å². The smallest absolute Gasteiger partial charge is 0.319 e. The minimum Gasteiger partial charge on any atom is -0.369 e. The van der Waals surface area contributed by atoms with Crippen molar-refractivity contribution in [2.75, 3.05) is 48.8 Å². The molecule has 2 aliphatic rings. The SMILES string of the molecule is CN1CCN(c2ccc(Nc3ccc(NC(=O)NC4CC4)cn3)cc2)CC1. The Balaban J connectivity index is 1.31. The maximum atomic E-state index is 11.7. The molecule has 7 nitrogen and oxygen atoms in total. The number of likely N-dealkylation sites (N-methyl/N-ethyl adjacent to an activating group) is 1. The molecule has 1 aliphatic carbocycles. The van der Waals surface area contributed by atoms with E-state index in [1.54, 1.807) is 6.20 Å². The second kappa shape index (κ2) is 7.84. The Bertz CT molecular complexity index is 764. The summed E-state index contributed by atoms with van der Waals surface area (Å²) in [4.78, 5) is 20.9. The Morgan fingerprint density at radius 1 is 1.00 bits per heavy atom. The highest BCUT2D eigenvalue weighted by Crippen LogP contribution is 2.22. The van der Waals surface area contributed by atoms with E-state index in [4.69, 9.17) is 0 Å². The molecule has 1 saturated carbocycles. The van der Waals surface area contributed by atoms with Gasteiger partial charge in [0.05, 0.1) is 11.9 Å². The van der Waals surface area contributed by atoms with Crippen LogP contribution in [0.25, 0.3) is 0 Å². The molecular weight excluding hydrogens is 340 g/mol. The van der Waals surface area contributed by atoms with E-state index in [0.717, 1.165) is 50.5 Å². The normalized spacial score (nSPS) is 17.4. The first-order chi connectivity index (χ1) is 13.2. The Morgan fingerprint density at radius 2 is 1.70 bits per heavy atom. The minimum atomic E-state index is -0.167. The number of hydrogen-bond donors (Lipinski definition) is 3. The number of nitrogens with one attached hydrogen (secondary N) is 3. The largest absolute Gasteiger partial charge is 0.369 e. The summed E-state index contributed by atoms with van der Waals surface area (Å²) in [5, 5.41) is 8.99. The third-order valence-corrected chi connectivity index (χ3v) is 4.94. The third kappa shape index (κ3) is 4.89. The first kappa shape index (κ1) is 17.6. The molecule has 1 aromatic carbocycles. The van der Waals surface area contributed by atoms with Gasteiger partial charge in [0.15, 0.2) is 0 Å². The molecular formula is C20H26N6O. The fraction of sp³-hybridized carbons (Fsp3) is 0.400. The third-order valence-electron chi connectivity index (χ3n) is 4.94. The number of aromatic nitrogens is 1. The van der Waals surface area contributed by atoms with Gasteiger partial charge in [-0.1, -0.05) is 0 Å². The van der Waals surface area contributed by atoms with Gasteiger partial charge in [0.1, 0.15) is 5.82 Å². The standard InChI is InChI=1S/C20H26N6O/c1-25-10-12-26(13-11-25)18-7-4-15(5-8-18)22-19-9-6-17(14-21-19)24-20(27)23-16-2-3-16/h4-9,14,16H,2-3,10-13H2,1H3,(H,21,22)(H2,23,24,27). The van der Waals surface area contributed by atoms with Gasteiger partial charge in [-0.15, -0.1) is 0 Å². The second-order valence-electron chi connectivity index (χ2n) is 7.27. The predicted molar refractivity (Wildman–Crippen MR) is 109 cm³/mol. The van der Waals surface area contributed by atoms with Gasteiger partial charge in [0, 0.05) is 43.6 Å². The van der Waals surface area contributed by atoms with Gasteiger partial charge < -0.3 is 25.8 Å². The Hall–Kier alpha value is -2.80. The molecule has 0 radical (unpaired) electrons. The number of carbonyl (C=O) groups excluding carboxylic acids is 1. The van der Waals surface area contributed by atoms with Crippen molar-refractivity contribution in [2.24, 2.45) is 0 Å². The van der Waals surface area contributed by atoms with E-state index in [-0.39, 0.29) is 6.03 Å². The van der Waals surface area contributed by atoms with E-state index >= 15 is 0 Å².